The Kier molecular flexibility index (Phi) is 4.80. The van der Waals surface area contributed by atoms with Crippen LogP contribution in [0.4, 0.5) is 0 Å². The van der Waals surface area contributed by atoms with Crippen molar-refractivity contribution in [2.75, 3.05) is 0 Å². The number of ether oxygens (including phenoxy) is 1. The fraction of sp³-hybridized carbons (Fsp3) is 0.0800. The van der Waals surface area contributed by atoms with E-state index in [1.807, 2.05) is 77.5 Å². The van der Waals surface area contributed by atoms with Crippen LogP contribution in [0.1, 0.15) is 5.56 Å². The van der Waals surface area contributed by atoms with Gasteiger partial charge < -0.3 is 9.30 Å². The predicted octanol–water partition coefficient (Wildman–Crippen LogP) is 4.08. The Morgan fingerprint density at radius 2 is 1.48 bits per heavy atom. The van der Waals surface area contributed by atoms with Gasteiger partial charge in [0, 0.05) is 23.2 Å². The summed E-state index contributed by atoms with van der Waals surface area (Å²) in [4.78, 5) is 25.5. The van der Waals surface area contributed by atoms with E-state index >= 15 is 0 Å². The zero-order valence-corrected chi connectivity index (χ0v) is 16.6. The fourth-order valence-electron chi connectivity index (χ4n) is 3.75. The van der Waals surface area contributed by atoms with Gasteiger partial charge in [-0.3, -0.25) is 9.59 Å². The predicted molar refractivity (Wildman–Crippen MR) is 119 cm³/mol. The van der Waals surface area contributed by atoms with Gasteiger partial charge in [-0.2, -0.15) is 5.10 Å². The zero-order chi connectivity index (χ0) is 21.2. The van der Waals surface area contributed by atoms with Gasteiger partial charge in [-0.25, -0.2) is 4.68 Å². The van der Waals surface area contributed by atoms with Crippen molar-refractivity contribution in [1.82, 2.24) is 14.3 Å². The molecule has 0 saturated carbocycles. The van der Waals surface area contributed by atoms with E-state index in [2.05, 4.69) is 5.10 Å². The molecule has 152 valence electrons. The number of para-hydroxylation sites is 2. The summed E-state index contributed by atoms with van der Waals surface area (Å²) in [7, 11) is 0. The molecule has 6 heteroatoms. The van der Waals surface area contributed by atoms with Crippen LogP contribution in [0.5, 0.6) is 0 Å². The first-order chi connectivity index (χ1) is 15.2. The summed E-state index contributed by atoms with van der Waals surface area (Å²) in [5.41, 5.74) is 3.22. The molecule has 5 rings (SSSR count). The number of carbonyl (C=O) groups is 1. The Morgan fingerprint density at radius 1 is 0.839 bits per heavy atom. The molecule has 2 heterocycles. The highest BCUT2D eigenvalue weighted by molar-refractivity contribution is 5.94. The minimum atomic E-state index is -0.366. The third kappa shape index (κ3) is 3.59. The van der Waals surface area contributed by atoms with Crippen molar-refractivity contribution >= 4 is 27.8 Å². The monoisotopic (exact) mass is 409 g/mol. The number of carbonyl (C=O) groups excluding carboxylic acids is 1. The molecule has 2 aromatic heterocycles. The summed E-state index contributed by atoms with van der Waals surface area (Å²) in [5.74, 6) is -0.366. The Labute approximate surface area is 177 Å². The third-order valence-electron chi connectivity index (χ3n) is 5.27. The van der Waals surface area contributed by atoms with Gasteiger partial charge in [0.1, 0.15) is 13.2 Å². The third-order valence-corrected chi connectivity index (χ3v) is 5.27. The molecule has 0 unspecified atom stereocenters. The highest BCUT2D eigenvalue weighted by atomic mass is 16.5. The second kappa shape index (κ2) is 7.91. The standard InChI is InChI=1S/C25H19N3O3/c29-24(31-17-18-10-12-19(13-11-18)28-15-5-14-26-28)16-27-22-8-3-1-6-20(22)25(30)21-7-2-4-9-23(21)27/h1-15H,16-17H2. The van der Waals surface area contributed by atoms with E-state index in [-0.39, 0.29) is 24.5 Å². The lowest BCUT2D eigenvalue weighted by atomic mass is 10.1. The number of benzene rings is 3. The van der Waals surface area contributed by atoms with E-state index in [0.29, 0.717) is 21.8 Å². The Hall–Kier alpha value is -4.19. The van der Waals surface area contributed by atoms with Gasteiger partial charge >= 0.3 is 5.97 Å². The molecule has 0 aliphatic heterocycles. The van der Waals surface area contributed by atoms with Crippen molar-refractivity contribution in [2.45, 2.75) is 13.2 Å². The minimum Gasteiger partial charge on any atom is -0.459 e. The molecule has 0 N–H and O–H groups in total. The lowest BCUT2D eigenvalue weighted by Gasteiger charge is -2.14. The van der Waals surface area contributed by atoms with Gasteiger partial charge in [0.25, 0.3) is 0 Å². The lowest BCUT2D eigenvalue weighted by Crippen LogP contribution is -2.18. The molecular weight excluding hydrogens is 390 g/mol. The van der Waals surface area contributed by atoms with Crippen molar-refractivity contribution in [1.29, 1.82) is 0 Å². The molecule has 0 aliphatic rings. The highest BCUT2D eigenvalue weighted by Crippen LogP contribution is 2.19. The topological polar surface area (TPSA) is 66.1 Å². The van der Waals surface area contributed by atoms with E-state index in [9.17, 15) is 9.59 Å². The van der Waals surface area contributed by atoms with Crippen LogP contribution in [-0.4, -0.2) is 20.3 Å². The quantitative estimate of drug-likeness (QED) is 0.324. The van der Waals surface area contributed by atoms with Crippen LogP contribution >= 0.6 is 0 Å². The van der Waals surface area contributed by atoms with Crippen molar-refractivity contribution in [3.8, 4) is 5.69 Å². The summed E-state index contributed by atoms with van der Waals surface area (Å²) in [6.07, 6.45) is 3.59. The van der Waals surface area contributed by atoms with Gasteiger partial charge in [-0.15, -0.1) is 0 Å². The first-order valence-corrected chi connectivity index (χ1v) is 9.95. The smallest absolute Gasteiger partial charge is 0.326 e. The number of hydrogen-bond donors (Lipinski definition) is 0. The molecule has 3 aromatic carbocycles. The van der Waals surface area contributed by atoms with Gasteiger partial charge in [0.15, 0.2) is 5.43 Å². The minimum absolute atomic E-state index is 0.0205. The van der Waals surface area contributed by atoms with E-state index in [0.717, 1.165) is 11.3 Å². The number of hydrogen-bond acceptors (Lipinski definition) is 4. The van der Waals surface area contributed by atoms with E-state index in [4.69, 9.17) is 4.74 Å². The molecule has 0 atom stereocenters. The van der Waals surface area contributed by atoms with Crippen LogP contribution in [-0.2, 0) is 22.7 Å². The molecule has 0 radical (unpaired) electrons. The van der Waals surface area contributed by atoms with Crippen molar-refractivity contribution in [3.05, 3.63) is 107 Å². The van der Waals surface area contributed by atoms with E-state index in [1.54, 1.807) is 23.0 Å². The number of aromatic nitrogens is 3. The molecule has 0 bridgehead atoms. The van der Waals surface area contributed by atoms with Crippen molar-refractivity contribution in [2.24, 2.45) is 0 Å². The Bertz CT molecular complexity index is 1380. The van der Waals surface area contributed by atoms with E-state index < -0.39 is 0 Å². The largest absolute Gasteiger partial charge is 0.459 e. The van der Waals surface area contributed by atoms with Crippen molar-refractivity contribution < 1.29 is 9.53 Å². The maximum absolute atomic E-state index is 12.8. The zero-order valence-electron chi connectivity index (χ0n) is 16.6. The van der Waals surface area contributed by atoms with Crippen LogP contribution in [0, 0.1) is 0 Å². The SMILES string of the molecule is O=C(Cn1c2ccccc2c(=O)c2ccccc21)OCc1ccc(-n2cccn2)cc1. The van der Waals surface area contributed by atoms with Gasteiger partial charge in [-0.05, 0) is 48.0 Å². The number of nitrogens with zero attached hydrogens (tertiary/aromatic N) is 3. The molecule has 0 aliphatic carbocycles. The molecule has 31 heavy (non-hydrogen) atoms. The van der Waals surface area contributed by atoms with Gasteiger partial charge in [0.05, 0.1) is 16.7 Å². The van der Waals surface area contributed by atoms with Crippen LogP contribution in [0.2, 0.25) is 0 Å². The molecule has 0 amide bonds. The molecule has 0 saturated heterocycles. The molecule has 0 fully saturated rings. The summed E-state index contributed by atoms with van der Waals surface area (Å²) in [6, 6.07) is 24.2. The summed E-state index contributed by atoms with van der Waals surface area (Å²) < 4.78 is 9.14. The molecule has 5 aromatic rings. The summed E-state index contributed by atoms with van der Waals surface area (Å²) in [5, 5.41) is 5.37. The van der Waals surface area contributed by atoms with Crippen molar-refractivity contribution in [3.63, 3.8) is 0 Å². The highest BCUT2D eigenvalue weighted by Gasteiger charge is 2.13. The van der Waals surface area contributed by atoms with E-state index in [1.165, 1.54) is 0 Å². The maximum atomic E-state index is 12.8. The Morgan fingerprint density at radius 3 is 2.10 bits per heavy atom. The normalized spacial score (nSPS) is 11.1. The lowest BCUT2D eigenvalue weighted by molar-refractivity contribution is -0.145. The second-order valence-corrected chi connectivity index (χ2v) is 7.23. The Balaban J connectivity index is 1.38. The van der Waals surface area contributed by atoms with Gasteiger partial charge in [0.2, 0.25) is 0 Å². The molecule has 0 spiro atoms. The summed E-state index contributed by atoms with van der Waals surface area (Å²) in [6.45, 7) is 0.195. The second-order valence-electron chi connectivity index (χ2n) is 7.23. The average Bonchev–Trinajstić information content (AvgIpc) is 3.36. The number of esters is 1. The van der Waals surface area contributed by atoms with Crippen LogP contribution in [0.15, 0.2) is 96.1 Å². The first kappa shape index (κ1) is 18.8. The summed E-state index contributed by atoms with van der Waals surface area (Å²) >= 11 is 0. The van der Waals surface area contributed by atoms with Gasteiger partial charge in [-0.1, -0.05) is 36.4 Å². The molecule has 6 nitrogen and oxygen atoms in total. The fourth-order valence-corrected chi connectivity index (χ4v) is 3.75. The molecular formula is C25H19N3O3. The van der Waals surface area contributed by atoms with Crippen LogP contribution < -0.4 is 5.43 Å². The number of fused-ring (bicyclic) bond motifs is 2. The number of rotatable bonds is 5. The van der Waals surface area contributed by atoms with Crippen LogP contribution in [0.25, 0.3) is 27.5 Å². The van der Waals surface area contributed by atoms with Crippen LogP contribution in [0.3, 0.4) is 0 Å². The average molecular weight is 409 g/mol. The maximum Gasteiger partial charge on any atom is 0.326 e. The number of pyridine rings is 1. The first-order valence-electron chi connectivity index (χ1n) is 9.95.